The number of hydrogen-bond acceptors (Lipinski definition) is 0. The standard InChI is InChI=1S/C64H62/c1-35-15-19-47-45-21-17-37(39-25-41(61(3,4)5)31-42(26-39)62(6,7)8)29-51(45)55-33-53-49(57(35)59(47)55)23-24-50-54(53)34-56-52-30-38(18-22-46(52)48-20-16-36(2)58(50)60(48)56)40-27-43(63(9,10)11)32-44(28-40)64(12,13)14/h15-34H,1-14H3. The van der Waals surface area contributed by atoms with Crippen molar-refractivity contribution in [1.29, 1.82) is 0 Å². The van der Waals surface area contributed by atoms with Gasteiger partial charge in [-0.25, -0.2) is 0 Å². The van der Waals surface area contributed by atoms with Crippen LogP contribution in [0.3, 0.4) is 0 Å². The Bertz CT molecular complexity index is 3430. The van der Waals surface area contributed by atoms with Crippen molar-refractivity contribution >= 4 is 86.2 Å². The Labute approximate surface area is 380 Å². The van der Waals surface area contributed by atoms with Crippen LogP contribution < -0.4 is 0 Å². The molecular weight excluding hydrogens is 769 g/mol. The van der Waals surface area contributed by atoms with Gasteiger partial charge in [0.25, 0.3) is 0 Å². The molecule has 0 spiro atoms. The summed E-state index contributed by atoms with van der Waals surface area (Å²) >= 11 is 0. The van der Waals surface area contributed by atoms with E-state index in [0.29, 0.717) is 0 Å². The van der Waals surface area contributed by atoms with Gasteiger partial charge in [-0.15, -0.1) is 0 Å². The van der Waals surface area contributed by atoms with E-state index < -0.39 is 0 Å². The maximum absolute atomic E-state index is 2.56. The van der Waals surface area contributed by atoms with E-state index in [2.05, 4.69) is 218 Å². The first kappa shape index (κ1) is 40.8. The Balaban J connectivity index is 1.22. The first-order valence-corrected chi connectivity index (χ1v) is 23.6. The van der Waals surface area contributed by atoms with Crippen LogP contribution in [0.2, 0.25) is 0 Å². The third kappa shape index (κ3) is 6.08. The van der Waals surface area contributed by atoms with Gasteiger partial charge in [-0.2, -0.15) is 0 Å². The summed E-state index contributed by atoms with van der Waals surface area (Å²) < 4.78 is 0. The molecule has 0 aromatic heterocycles. The summed E-state index contributed by atoms with van der Waals surface area (Å²) in [5, 5.41) is 21.7. The summed E-state index contributed by atoms with van der Waals surface area (Å²) in [4.78, 5) is 0. The summed E-state index contributed by atoms with van der Waals surface area (Å²) in [5.74, 6) is 0. The molecule has 0 bridgehead atoms. The summed E-state index contributed by atoms with van der Waals surface area (Å²) in [6.45, 7) is 32.6. The highest BCUT2D eigenvalue weighted by Crippen LogP contribution is 2.50. The van der Waals surface area contributed by atoms with Crippen LogP contribution in [0.5, 0.6) is 0 Å². The summed E-state index contributed by atoms with van der Waals surface area (Å²) in [5.41, 5.74) is 13.5. The SMILES string of the molecule is Cc1ccc2c3ccc(-c4cc(C(C)(C)C)cc(C(C)(C)C)c4)cc3c3cc4c5cc6c7cc(-c8cc(C(C)(C)C)cc(C(C)(C)C)c8)ccc7c7ccc(C)c(c5ccc4c1c23)c76. The minimum absolute atomic E-state index is 0.0465. The molecule has 11 aromatic carbocycles. The Morgan fingerprint density at radius 1 is 0.219 bits per heavy atom. The van der Waals surface area contributed by atoms with Crippen molar-refractivity contribution in [3.05, 3.63) is 155 Å². The summed E-state index contributed by atoms with van der Waals surface area (Å²) in [6, 6.07) is 48.5. The van der Waals surface area contributed by atoms with Gasteiger partial charge >= 0.3 is 0 Å². The van der Waals surface area contributed by atoms with Crippen LogP contribution in [0.4, 0.5) is 0 Å². The van der Waals surface area contributed by atoms with Crippen LogP contribution >= 0.6 is 0 Å². The lowest BCUT2D eigenvalue weighted by atomic mass is 9.79. The van der Waals surface area contributed by atoms with Crippen LogP contribution in [0.15, 0.2) is 121 Å². The predicted octanol–water partition coefficient (Wildman–Crippen LogP) is 18.9. The molecule has 0 amide bonds. The van der Waals surface area contributed by atoms with Gasteiger partial charge in [-0.05, 0) is 202 Å². The molecule has 11 rings (SSSR count). The van der Waals surface area contributed by atoms with Gasteiger partial charge < -0.3 is 0 Å². The van der Waals surface area contributed by atoms with Crippen molar-refractivity contribution in [3.63, 3.8) is 0 Å². The quantitative estimate of drug-likeness (QED) is 0.152. The summed E-state index contributed by atoms with van der Waals surface area (Å²) in [6.07, 6.45) is 0. The maximum atomic E-state index is 2.56. The van der Waals surface area contributed by atoms with Gasteiger partial charge in [0.05, 0.1) is 0 Å². The molecule has 0 fully saturated rings. The van der Waals surface area contributed by atoms with E-state index in [-0.39, 0.29) is 21.7 Å². The smallest absolute Gasteiger partial charge is 0.00172 e. The monoisotopic (exact) mass is 830 g/mol. The first-order valence-electron chi connectivity index (χ1n) is 23.6. The molecule has 0 nitrogen and oxygen atoms in total. The molecule has 0 aliphatic rings. The van der Waals surface area contributed by atoms with Crippen LogP contribution in [0, 0.1) is 13.8 Å². The Kier molecular flexibility index (Phi) is 8.47. The van der Waals surface area contributed by atoms with Crippen LogP contribution in [0.1, 0.15) is 116 Å². The molecule has 0 aliphatic heterocycles. The molecule has 0 saturated carbocycles. The molecule has 0 saturated heterocycles. The van der Waals surface area contributed by atoms with Gasteiger partial charge in [-0.3, -0.25) is 0 Å². The van der Waals surface area contributed by atoms with Gasteiger partial charge in [0.2, 0.25) is 0 Å². The van der Waals surface area contributed by atoms with Gasteiger partial charge in [0.15, 0.2) is 0 Å². The van der Waals surface area contributed by atoms with E-state index in [1.807, 2.05) is 0 Å². The van der Waals surface area contributed by atoms with E-state index in [9.17, 15) is 0 Å². The van der Waals surface area contributed by atoms with E-state index in [0.717, 1.165) is 0 Å². The second-order valence-corrected chi connectivity index (χ2v) is 23.6. The van der Waals surface area contributed by atoms with Crippen LogP contribution in [-0.4, -0.2) is 0 Å². The van der Waals surface area contributed by atoms with Crippen LogP contribution in [0.25, 0.3) is 108 Å². The largest absolute Gasteiger partial charge is 0.0580 e. The zero-order valence-electron chi connectivity index (χ0n) is 40.5. The molecular formula is C64H62. The van der Waals surface area contributed by atoms with Crippen molar-refractivity contribution in [2.75, 3.05) is 0 Å². The van der Waals surface area contributed by atoms with E-state index in [4.69, 9.17) is 0 Å². The fraction of sp³-hybridized carbons (Fsp3) is 0.281. The lowest BCUT2D eigenvalue weighted by Gasteiger charge is -2.26. The molecule has 0 N–H and O–H groups in total. The normalized spacial score (nSPS) is 13.5. The molecule has 0 radical (unpaired) electrons. The molecule has 0 atom stereocenters. The molecule has 0 heteroatoms. The highest BCUT2D eigenvalue weighted by atomic mass is 14.3. The average molecular weight is 831 g/mol. The Morgan fingerprint density at radius 2 is 0.500 bits per heavy atom. The minimum Gasteiger partial charge on any atom is -0.0580 e. The predicted molar refractivity (Wildman–Crippen MR) is 284 cm³/mol. The van der Waals surface area contributed by atoms with Crippen molar-refractivity contribution in [2.45, 2.75) is 119 Å². The van der Waals surface area contributed by atoms with Gasteiger partial charge in [-0.1, -0.05) is 180 Å². The van der Waals surface area contributed by atoms with E-state index in [1.165, 1.54) is 142 Å². The maximum Gasteiger partial charge on any atom is -0.00172 e. The highest BCUT2D eigenvalue weighted by Gasteiger charge is 2.25. The second kappa shape index (κ2) is 13.3. The van der Waals surface area contributed by atoms with Crippen molar-refractivity contribution < 1.29 is 0 Å². The number of aryl methyl sites for hydroxylation is 2. The fourth-order valence-corrected chi connectivity index (χ4v) is 11.0. The Hall–Kier alpha value is -5.98. The fourth-order valence-electron chi connectivity index (χ4n) is 11.0. The molecule has 11 aromatic rings. The number of fused-ring (bicyclic) bond motifs is 11. The number of rotatable bonds is 2. The summed E-state index contributed by atoms with van der Waals surface area (Å²) in [7, 11) is 0. The highest BCUT2D eigenvalue weighted by molar-refractivity contribution is 6.40. The molecule has 318 valence electrons. The van der Waals surface area contributed by atoms with Crippen molar-refractivity contribution in [2.24, 2.45) is 0 Å². The second-order valence-electron chi connectivity index (χ2n) is 23.6. The van der Waals surface area contributed by atoms with E-state index in [1.54, 1.807) is 0 Å². The lowest BCUT2D eigenvalue weighted by molar-refractivity contribution is 0.568. The zero-order valence-corrected chi connectivity index (χ0v) is 40.5. The molecule has 64 heavy (non-hydrogen) atoms. The molecule has 0 unspecified atom stereocenters. The van der Waals surface area contributed by atoms with Gasteiger partial charge in [0.1, 0.15) is 0 Å². The third-order valence-corrected chi connectivity index (χ3v) is 15.0. The number of hydrogen-bond donors (Lipinski definition) is 0. The zero-order chi connectivity index (χ0) is 45.2. The third-order valence-electron chi connectivity index (χ3n) is 15.0. The number of benzene rings is 9. The minimum atomic E-state index is 0.0465. The van der Waals surface area contributed by atoms with Gasteiger partial charge in [0, 0.05) is 0 Å². The van der Waals surface area contributed by atoms with Crippen molar-refractivity contribution in [3.8, 4) is 22.3 Å². The average Bonchev–Trinajstić information content (AvgIpc) is 3.72. The molecule has 0 heterocycles. The Morgan fingerprint density at radius 3 is 0.828 bits per heavy atom. The lowest BCUT2D eigenvalue weighted by Crippen LogP contribution is -2.16. The van der Waals surface area contributed by atoms with Crippen LogP contribution in [-0.2, 0) is 21.7 Å². The van der Waals surface area contributed by atoms with E-state index >= 15 is 0 Å². The first-order chi connectivity index (χ1) is 30.1. The topological polar surface area (TPSA) is 0 Å². The molecule has 0 aliphatic carbocycles. The van der Waals surface area contributed by atoms with Crippen molar-refractivity contribution in [1.82, 2.24) is 0 Å².